The van der Waals surface area contributed by atoms with Crippen LogP contribution in [0.2, 0.25) is 0 Å². The summed E-state index contributed by atoms with van der Waals surface area (Å²) < 4.78 is 24.0. The van der Waals surface area contributed by atoms with Crippen LogP contribution in [0.4, 0.5) is 10.1 Å². The molecular formula is C15H16FNO3. The van der Waals surface area contributed by atoms with E-state index in [0.29, 0.717) is 23.7 Å². The van der Waals surface area contributed by atoms with Crippen molar-refractivity contribution in [3.8, 4) is 17.2 Å². The first-order chi connectivity index (χ1) is 9.63. The third kappa shape index (κ3) is 3.12. The summed E-state index contributed by atoms with van der Waals surface area (Å²) in [7, 11) is 3.15. The molecule has 2 N–H and O–H groups in total. The summed E-state index contributed by atoms with van der Waals surface area (Å²) in [5.74, 6) is 0.755. The van der Waals surface area contributed by atoms with Crippen LogP contribution < -0.4 is 14.8 Å². The molecule has 4 nitrogen and oxygen atoms in total. The number of halogens is 1. The molecule has 106 valence electrons. The second kappa shape index (κ2) is 6.14. The van der Waals surface area contributed by atoms with E-state index < -0.39 is 5.82 Å². The SMILES string of the molecule is COc1ccc(CNc2ccc(O)cc2F)c(OC)c1. The van der Waals surface area contributed by atoms with Gasteiger partial charge in [-0.2, -0.15) is 0 Å². The minimum atomic E-state index is -0.502. The Hall–Kier alpha value is -2.43. The Balaban J connectivity index is 2.14. The van der Waals surface area contributed by atoms with Crippen LogP contribution in [-0.4, -0.2) is 19.3 Å². The molecule has 0 aromatic heterocycles. The van der Waals surface area contributed by atoms with Gasteiger partial charge in [-0.1, -0.05) is 0 Å². The van der Waals surface area contributed by atoms with Crippen LogP contribution in [0.3, 0.4) is 0 Å². The molecule has 2 aromatic rings. The van der Waals surface area contributed by atoms with E-state index in [9.17, 15) is 4.39 Å². The lowest BCUT2D eigenvalue weighted by molar-refractivity contribution is 0.391. The highest BCUT2D eigenvalue weighted by molar-refractivity contribution is 5.49. The maximum absolute atomic E-state index is 13.6. The van der Waals surface area contributed by atoms with Gasteiger partial charge in [0.2, 0.25) is 0 Å². The highest BCUT2D eigenvalue weighted by Crippen LogP contribution is 2.26. The Morgan fingerprint density at radius 3 is 2.55 bits per heavy atom. The average Bonchev–Trinajstić information content (AvgIpc) is 2.46. The summed E-state index contributed by atoms with van der Waals surface area (Å²) >= 11 is 0. The van der Waals surface area contributed by atoms with E-state index in [1.54, 1.807) is 20.3 Å². The molecule has 0 atom stereocenters. The topological polar surface area (TPSA) is 50.7 Å². The molecule has 0 spiro atoms. The third-order valence-corrected chi connectivity index (χ3v) is 2.92. The van der Waals surface area contributed by atoms with E-state index in [4.69, 9.17) is 14.6 Å². The Labute approximate surface area is 116 Å². The van der Waals surface area contributed by atoms with Crippen molar-refractivity contribution < 1.29 is 19.0 Å². The van der Waals surface area contributed by atoms with Gasteiger partial charge in [0, 0.05) is 24.2 Å². The van der Waals surface area contributed by atoms with Crippen molar-refractivity contribution in [2.24, 2.45) is 0 Å². The monoisotopic (exact) mass is 277 g/mol. The van der Waals surface area contributed by atoms with Crippen molar-refractivity contribution in [2.45, 2.75) is 6.54 Å². The van der Waals surface area contributed by atoms with Gasteiger partial charge in [-0.05, 0) is 24.3 Å². The van der Waals surface area contributed by atoms with E-state index in [2.05, 4.69) is 5.32 Å². The molecular weight excluding hydrogens is 261 g/mol. The molecule has 0 bridgehead atoms. The van der Waals surface area contributed by atoms with Gasteiger partial charge in [0.1, 0.15) is 23.1 Å². The van der Waals surface area contributed by atoms with Crippen molar-refractivity contribution in [1.29, 1.82) is 0 Å². The lowest BCUT2D eigenvalue weighted by atomic mass is 10.2. The number of nitrogens with one attached hydrogen (secondary N) is 1. The van der Waals surface area contributed by atoms with Crippen molar-refractivity contribution in [3.63, 3.8) is 0 Å². The molecule has 0 saturated heterocycles. The summed E-state index contributed by atoms with van der Waals surface area (Å²) in [5.41, 5.74) is 1.20. The van der Waals surface area contributed by atoms with Crippen molar-refractivity contribution in [2.75, 3.05) is 19.5 Å². The molecule has 2 aromatic carbocycles. The van der Waals surface area contributed by atoms with Crippen LogP contribution in [-0.2, 0) is 6.54 Å². The molecule has 0 radical (unpaired) electrons. The minimum Gasteiger partial charge on any atom is -0.508 e. The number of methoxy groups -OCH3 is 2. The van der Waals surface area contributed by atoms with E-state index in [0.717, 1.165) is 11.6 Å². The van der Waals surface area contributed by atoms with Gasteiger partial charge in [-0.15, -0.1) is 0 Å². The van der Waals surface area contributed by atoms with Gasteiger partial charge >= 0.3 is 0 Å². The summed E-state index contributed by atoms with van der Waals surface area (Å²) in [5, 5.41) is 12.1. The molecule has 0 amide bonds. The van der Waals surface area contributed by atoms with Crippen LogP contribution in [0.15, 0.2) is 36.4 Å². The van der Waals surface area contributed by atoms with Crippen LogP contribution >= 0.6 is 0 Å². The molecule has 0 aliphatic carbocycles. The fourth-order valence-corrected chi connectivity index (χ4v) is 1.84. The standard InChI is InChI=1S/C15H16FNO3/c1-19-12-5-3-10(15(8-12)20-2)9-17-14-6-4-11(18)7-13(14)16/h3-8,17-18H,9H2,1-2H3. The van der Waals surface area contributed by atoms with Crippen LogP contribution in [0.1, 0.15) is 5.56 Å². The predicted molar refractivity (Wildman–Crippen MR) is 74.9 cm³/mol. The predicted octanol–water partition coefficient (Wildman–Crippen LogP) is 3.16. The lowest BCUT2D eigenvalue weighted by Gasteiger charge is -2.12. The molecule has 0 aliphatic heterocycles. The zero-order valence-electron chi connectivity index (χ0n) is 11.3. The number of aromatic hydroxyl groups is 1. The van der Waals surface area contributed by atoms with Gasteiger partial charge in [0.15, 0.2) is 0 Å². The minimum absolute atomic E-state index is 0.102. The lowest BCUT2D eigenvalue weighted by Crippen LogP contribution is -2.03. The molecule has 20 heavy (non-hydrogen) atoms. The van der Waals surface area contributed by atoms with Gasteiger partial charge in [0.05, 0.1) is 19.9 Å². The van der Waals surface area contributed by atoms with E-state index in [1.165, 1.54) is 12.1 Å². The summed E-state index contributed by atoms with van der Waals surface area (Å²) in [6.07, 6.45) is 0. The van der Waals surface area contributed by atoms with Gasteiger partial charge < -0.3 is 19.9 Å². The molecule has 0 saturated carbocycles. The largest absolute Gasteiger partial charge is 0.508 e. The van der Waals surface area contributed by atoms with Crippen LogP contribution in [0.5, 0.6) is 17.2 Å². The average molecular weight is 277 g/mol. The molecule has 2 rings (SSSR count). The number of benzene rings is 2. The summed E-state index contributed by atoms with van der Waals surface area (Å²) in [6, 6.07) is 9.41. The number of hydrogen-bond donors (Lipinski definition) is 2. The van der Waals surface area contributed by atoms with Crippen molar-refractivity contribution in [3.05, 3.63) is 47.8 Å². The van der Waals surface area contributed by atoms with Gasteiger partial charge in [-0.3, -0.25) is 0 Å². The third-order valence-electron chi connectivity index (χ3n) is 2.92. The zero-order valence-corrected chi connectivity index (χ0v) is 11.3. The first-order valence-electron chi connectivity index (χ1n) is 6.07. The normalized spacial score (nSPS) is 10.2. The van der Waals surface area contributed by atoms with E-state index in [1.807, 2.05) is 12.1 Å². The second-order valence-corrected chi connectivity index (χ2v) is 4.20. The second-order valence-electron chi connectivity index (χ2n) is 4.20. The number of rotatable bonds is 5. The summed E-state index contributed by atoms with van der Waals surface area (Å²) in [6.45, 7) is 0.398. The van der Waals surface area contributed by atoms with Crippen LogP contribution in [0, 0.1) is 5.82 Å². The van der Waals surface area contributed by atoms with E-state index >= 15 is 0 Å². The highest BCUT2D eigenvalue weighted by atomic mass is 19.1. The van der Waals surface area contributed by atoms with Crippen molar-refractivity contribution >= 4 is 5.69 Å². The molecule has 5 heteroatoms. The Morgan fingerprint density at radius 2 is 1.90 bits per heavy atom. The maximum Gasteiger partial charge on any atom is 0.149 e. The fourth-order valence-electron chi connectivity index (χ4n) is 1.84. The molecule has 0 heterocycles. The first-order valence-corrected chi connectivity index (χ1v) is 6.07. The number of phenolic OH excluding ortho intramolecular Hbond substituents is 1. The smallest absolute Gasteiger partial charge is 0.149 e. The van der Waals surface area contributed by atoms with Crippen LogP contribution in [0.25, 0.3) is 0 Å². The molecule has 0 aliphatic rings. The van der Waals surface area contributed by atoms with Gasteiger partial charge in [0.25, 0.3) is 0 Å². The zero-order chi connectivity index (χ0) is 14.5. The number of phenols is 1. The Kier molecular flexibility index (Phi) is 4.30. The number of anilines is 1. The summed E-state index contributed by atoms with van der Waals surface area (Å²) in [4.78, 5) is 0. The fraction of sp³-hybridized carbons (Fsp3) is 0.200. The highest BCUT2D eigenvalue weighted by Gasteiger charge is 2.07. The molecule has 0 fully saturated rings. The van der Waals surface area contributed by atoms with E-state index in [-0.39, 0.29) is 5.75 Å². The Bertz CT molecular complexity index is 602. The number of hydrogen-bond acceptors (Lipinski definition) is 4. The quantitative estimate of drug-likeness (QED) is 0.824. The molecule has 0 unspecified atom stereocenters. The van der Waals surface area contributed by atoms with Gasteiger partial charge in [-0.25, -0.2) is 4.39 Å². The first kappa shape index (κ1) is 14.0. The number of ether oxygens (including phenoxy) is 2. The Morgan fingerprint density at radius 1 is 1.10 bits per heavy atom. The maximum atomic E-state index is 13.6. The van der Waals surface area contributed by atoms with Crippen molar-refractivity contribution in [1.82, 2.24) is 0 Å².